The number of hydrogen-bond acceptors (Lipinski definition) is 6. The number of hydrogen-bond donors (Lipinski definition) is 1. The summed E-state index contributed by atoms with van der Waals surface area (Å²) in [5, 5.41) is 16.8. The van der Waals surface area contributed by atoms with E-state index >= 15 is 0 Å². The molecule has 0 bridgehead atoms. The standard InChI is InChI=1S/C13H14N2O4S/c1-9-14-15-13(19-9)20-7-6-18-11-4-2-10(3-5-11)8-12(16)17/h2-5H,6-8H2,1H3,(H,16,17). The van der Waals surface area contributed by atoms with Crippen LogP contribution in [0.2, 0.25) is 0 Å². The van der Waals surface area contributed by atoms with Crippen molar-refractivity contribution in [2.45, 2.75) is 18.6 Å². The highest BCUT2D eigenvalue weighted by Gasteiger charge is 2.03. The van der Waals surface area contributed by atoms with Gasteiger partial charge in [0.1, 0.15) is 5.75 Å². The quantitative estimate of drug-likeness (QED) is 0.618. The third-order valence-electron chi connectivity index (χ3n) is 2.36. The minimum atomic E-state index is -0.843. The summed E-state index contributed by atoms with van der Waals surface area (Å²) in [6.45, 7) is 2.25. The molecular weight excluding hydrogens is 280 g/mol. The third-order valence-corrected chi connectivity index (χ3v) is 3.15. The summed E-state index contributed by atoms with van der Waals surface area (Å²) in [4.78, 5) is 10.5. The molecule has 0 saturated heterocycles. The highest BCUT2D eigenvalue weighted by atomic mass is 32.2. The van der Waals surface area contributed by atoms with Crippen LogP contribution in [0.25, 0.3) is 0 Å². The highest BCUT2D eigenvalue weighted by Crippen LogP contribution is 2.17. The Bertz CT molecular complexity index is 568. The van der Waals surface area contributed by atoms with Crippen molar-refractivity contribution in [1.29, 1.82) is 0 Å². The molecule has 6 nitrogen and oxygen atoms in total. The molecule has 2 rings (SSSR count). The number of carbonyl (C=O) groups is 1. The van der Waals surface area contributed by atoms with Crippen LogP contribution >= 0.6 is 11.8 Å². The lowest BCUT2D eigenvalue weighted by molar-refractivity contribution is -0.136. The van der Waals surface area contributed by atoms with Gasteiger partial charge in [0.2, 0.25) is 5.89 Å². The largest absolute Gasteiger partial charge is 0.493 e. The summed E-state index contributed by atoms with van der Waals surface area (Å²) in [7, 11) is 0. The van der Waals surface area contributed by atoms with Gasteiger partial charge in [-0.05, 0) is 17.7 Å². The number of aromatic nitrogens is 2. The maximum Gasteiger partial charge on any atom is 0.307 e. The Hall–Kier alpha value is -2.02. The molecule has 1 N–H and O–H groups in total. The second-order valence-corrected chi connectivity index (χ2v) is 5.04. The Morgan fingerprint density at radius 1 is 1.35 bits per heavy atom. The first-order valence-corrected chi connectivity index (χ1v) is 6.98. The Morgan fingerprint density at radius 3 is 2.70 bits per heavy atom. The predicted molar refractivity (Wildman–Crippen MR) is 73.0 cm³/mol. The molecule has 0 unspecified atom stereocenters. The highest BCUT2D eigenvalue weighted by molar-refractivity contribution is 7.99. The van der Waals surface area contributed by atoms with Gasteiger partial charge in [0.25, 0.3) is 5.22 Å². The van der Waals surface area contributed by atoms with Gasteiger partial charge in [-0.2, -0.15) is 0 Å². The molecule has 0 aliphatic rings. The fourth-order valence-corrected chi connectivity index (χ4v) is 2.12. The van der Waals surface area contributed by atoms with Crippen LogP contribution in [0.4, 0.5) is 0 Å². The number of aliphatic carboxylic acids is 1. The van der Waals surface area contributed by atoms with Crippen LogP contribution in [-0.2, 0) is 11.2 Å². The van der Waals surface area contributed by atoms with Crippen molar-refractivity contribution in [3.8, 4) is 5.75 Å². The van der Waals surface area contributed by atoms with E-state index < -0.39 is 5.97 Å². The molecule has 0 aliphatic heterocycles. The molecule has 0 aliphatic carbocycles. The van der Waals surface area contributed by atoms with E-state index in [0.29, 0.717) is 29.2 Å². The molecule has 2 aromatic rings. The monoisotopic (exact) mass is 294 g/mol. The van der Waals surface area contributed by atoms with E-state index in [1.807, 2.05) is 0 Å². The fourth-order valence-electron chi connectivity index (χ4n) is 1.50. The Kier molecular flexibility index (Phi) is 5.00. The zero-order valence-electron chi connectivity index (χ0n) is 10.9. The van der Waals surface area contributed by atoms with Crippen LogP contribution in [0.3, 0.4) is 0 Å². The molecule has 0 amide bonds. The molecule has 106 valence electrons. The number of rotatable bonds is 7. The van der Waals surface area contributed by atoms with E-state index in [1.165, 1.54) is 11.8 Å². The lowest BCUT2D eigenvalue weighted by Gasteiger charge is -2.05. The maximum absolute atomic E-state index is 10.5. The Morgan fingerprint density at radius 2 is 2.10 bits per heavy atom. The first-order valence-electron chi connectivity index (χ1n) is 6.00. The van der Waals surface area contributed by atoms with Gasteiger partial charge in [-0.25, -0.2) is 0 Å². The normalized spacial score (nSPS) is 10.4. The lowest BCUT2D eigenvalue weighted by atomic mass is 10.1. The van der Waals surface area contributed by atoms with Gasteiger partial charge in [-0.15, -0.1) is 10.2 Å². The van der Waals surface area contributed by atoms with Gasteiger partial charge >= 0.3 is 5.97 Å². The van der Waals surface area contributed by atoms with Crippen LogP contribution in [0.5, 0.6) is 5.75 Å². The van der Waals surface area contributed by atoms with Crippen molar-refractivity contribution >= 4 is 17.7 Å². The van der Waals surface area contributed by atoms with E-state index in [0.717, 1.165) is 5.56 Å². The molecule has 0 fully saturated rings. The topological polar surface area (TPSA) is 85.5 Å². The first kappa shape index (κ1) is 14.4. The Labute approximate surface area is 120 Å². The van der Waals surface area contributed by atoms with Crippen molar-refractivity contribution in [3.05, 3.63) is 35.7 Å². The second-order valence-electron chi connectivity index (χ2n) is 4.00. The first-order chi connectivity index (χ1) is 9.63. The predicted octanol–water partition coefficient (Wildman–Crippen LogP) is 2.18. The minimum Gasteiger partial charge on any atom is -0.493 e. The number of thioether (sulfide) groups is 1. The molecule has 1 heterocycles. The average molecular weight is 294 g/mol. The number of aryl methyl sites for hydroxylation is 1. The van der Waals surface area contributed by atoms with Crippen molar-refractivity contribution in [1.82, 2.24) is 10.2 Å². The maximum atomic E-state index is 10.5. The van der Waals surface area contributed by atoms with E-state index in [4.69, 9.17) is 14.3 Å². The minimum absolute atomic E-state index is 0.0205. The molecule has 0 spiro atoms. The number of carboxylic acid groups (broad SMARTS) is 1. The molecule has 20 heavy (non-hydrogen) atoms. The molecule has 0 saturated carbocycles. The summed E-state index contributed by atoms with van der Waals surface area (Å²) in [5.74, 6) is 1.10. The van der Waals surface area contributed by atoms with Crippen molar-refractivity contribution < 1.29 is 19.1 Å². The summed E-state index contributed by atoms with van der Waals surface area (Å²) < 4.78 is 10.8. The molecular formula is C13H14N2O4S. The molecule has 7 heteroatoms. The summed E-state index contributed by atoms with van der Waals surface area (Å²) >= 11 is 1.43. The van der Waals surface area contributed by atoms with Crippen LogP contribution in [0, 0.1) is 6.92 Å². The van der Waals surface area contributed by atoms with Crippen LogP contribution in [-0.4, -0.2) is 33.6 Å². The number of carboxylic acids is 1. The van der Waals surface area contributed by atoms with Crippen molar-refractivity contribution in [2.75, 3.05) is 12.4 Å². The fraction of sp³-hybridized carbons (Fsp3) is 0.308. The molecule has 1 aromatic heterocycles. The molecule has 0 radical (unpaired) electrons. The van der Waals surface area contributed by atoms with Gasteiger partial charge in [-0.3, -0.25) is 4.79 Å². The van der Waals surface area contributed by atoms with E-state index in [1.54, 1.807) is 31.2 Å². The number of benzene rings is 1. The third kappa shape index (κ3) is 4.58. The van der Waals surface area contributed by atoms with Gasteiger partial charge in [0.05, 0.1) is 13.0 Å². The van der Waals surface area contributed by atoms with E-state index in [2.05, 4.69) is 10.2 Å². The lowest BCUT2D eigenvalue weighted by Crippen LogP contribution is -2.02. The van der Waals surface area contributed by atoms with Gasteiger partial charge in [0, 0.05) is 12.7 Å². The average Bonchev–Trinajstić information content (AvgIpc) is 2.82. The van der Waals surface area contributed by atoms with Gasteiger partial charge < -0.3 is 14.3 Å². The molecule has 0 atom stereocenters. The van der Waals surface area contributed by atoms with Crippen LogP contribution < -0.4 is 4.74 Å². The smallest absolute Gasteiger partial charge is 0.307 e. The summed E-state index contributed by atoms with van der Waals surface area (Å²) in [6.07, 6.45) is 0.0205. The second kappa shape index (κ2) is 6.95. The zero-order chi connectivity index (χ0) is 14.4. The van der Waals surface area contributed by atoms with Crippen LogP contribution in [0.1, 0.15) is 11.5 Å². The summed E-state index contributed by atoms with van der Waals surface area (Å²) in [6, 6.07) is 7.02. The van der Waals surface area contributed by atoms with Gasteiger partial charge in [0.15, 0.2) is 0 Å². The SMILES string of the molecule is Cc1nnc(SCCOc2ccc(CC(=O)O)cc2)o1. The van der Waals surface area contributed by atoms with Crippen molar-refractivity contribution in [3.63, 3.8) is 0 Å². The van der Waals surface area contributed by atoms with Crippen LogP contribution in [0.15, 0.2) is 33.9 Å². The zero-order valence-corrected chi connectivity index (χ0v) is 11.7. The molecule has 1 aromatic carbocycles. The van der Waals surface area contributed by atoms with E-state index in [9.17, 15) is 4.79 Å². The van der Waals surface area contributed by atoms with Gasteiger partial charge in [-0.1, -0.05) is 23.9 Å². The summed E-state index contributed by atoms with van der Waals surface area (Å²) in [5.41, 5.74) is 0.751. The number of nitrogens with zero attached hydrogens (tertiary/aromatic N) is 2. The Balaban J connectivity index is 1.72. The van der Waals surface area contributed by atoms with Crippen molar-refractivity contribution in [2.24, 2.45) is 0 Å². The van der Waals surface area contributed by atoms with E-state index in [-0.39, 0.29) is 6.42 Å². The number of ether oxygens (including phenoxy) is 1.